The highest BCUT2D eigenvalue weighted by Gasteiger charge is 2.35. The molecule has 0 unspecified atom stereocenters. The summed E-state index contributed by atoms with van der Waals surface area (Å²) in [5, 5.41) is 13.0. The van der Waals surface area contributed by atoms with Gasteiger partial charge in [-0.2, -0.15) is 4.99 Å². The second kappa shape index (κ2) is 7.15. The second-order valence-corrected chi connectivity index (χ2v) is 7.24. The van der Waals surface area contributed by atoms with Crippen molar-refractivity contribution in [2.75, 3.05) is 4.90 Å². The van der Waals surface area contributed by atoms with E-state index < -0.39 is 0 Å². The predicted octanol–water partition coefficient (Wildman–Crippen LogP) is 4.66. The molecule has 7 heteroatoms. The smallest absolute Gasteiger partial charge is 0.271 e. The normalized spacial score (nSPS) is 17.4. The summed E-state index contributed by atoms with van der Waals surface area (Å²) in [6.45, 7) is 0. The lowest BCUT2D eigenvalue weighted by Crippen LogP contribution is -2.28. The van der Waals surface area contributed by atoms with Crippen molar-refractivity contribution in [2.24, 2.45) is 4.99 Å². The van der Waals surface area contributed by atoms with Crippen LogP contribution in [-0.4, -0.2) is 21.2 Å². The number of para-hydroxylation sites is 2. The van der Waals surface area contributed by atoms with Gasteiger partial charge in [0.05, 0.1) is 10.6 Å². The molecule has 2 heterocycles. The first kappa shape index (κ1) is 16.6. The summed E-state index contributed by atoms with van der Waals surface area (Å²) < 4.78 is 0. The van der Waals surface area contributed by atoms with Crippen molar-refractivity contribution < 1.29 is 9.90 Å². The average Bonchev–Trinajstić information content (AvgIpc) is 3.27. The number of carbonyl (C=O) groups is 1. The average molecular weight is 379 g/mol. The molecule has 0 bridgehead atoms. The number of phenols is 1. The van der Waals surface area contributed by atoms with Gasteiger partial charge >= 0.3 is 0 Å². The molecule has 4 rings (SSSR count). The van der Waals surface area contributed by atoms with Gasteiger partial charge in [-0.15, -0.1) is 11.3 Å². The number of rotatable bonds is 3. The molecule has 2 aromatic carbocycles. The maximum atomic E-state index is 13.0. The Morgan fingerprint density at radius 3 is 2.58 bits per heavy atom. The minimum Gasteiger partial charge on any atom is -0.507 e. The van der Waals surface area contributed by atoms with Crippen molar-refractivity contribution in [2.45, 2.75) is 0 Å². The number of amides is 1. The van der Waals surface area contributed by atoms with Gasteiger partial charge in [0.1, 0.15) is 5.75 Å². The summed E-state index contributed by atoms with van der Waals surface area (Å²) in [5.41, 5.74) is 1.33. The van der Waals surface area contributed by atoms with Gasteiger partial charge in [0, 0.05) is 17.1 Å². The van der Waals surface area contributed by atoms with Crippen LogP contribution >= 0.6 is 23.1 Å². The van der Waals surface area contributed by atoms with Crippen LogP contribution in [0.3, 0.4) is 0 Å². The van der Waals surface area contributed by atoms with Crippen LogP contribution in [0.4, 0.5) is 10.8 Å². The summed E-state index contributed by atoms with van der Waals surface area (Å²) >= 11 is 2.67. The first-order valence-electron chi connectivity index (χ1n) is 7.77. The Bertz CT molecular complexity index is 999. The largest absolute Gasteiger partial charge is 0.507 e. The van der Waals surface area contributed by atoms with E-state index in [0.717, 1.165) is 5.69 Å². The number of aromatic hydroxyl groups is 1. The predicted molar refractivity (Wildman–Crippen MR) is 107 cm³/mol. The molecule has 5 nitrogen and oxygen atoms in total. The van der Waals surface area contributed by atoms with Crippen LogP contribution in [0, 0.1) is 0 Å². The summed E-state index contributed by atoms with van der Waals surface area (Å²) in [6.07, 6.45) is 3.36. The summed E-state index contributed by atoms with van der Waals surface area (Å²) in [6, 6.07) is 16.3. The van der Waals surface area contributed by atoms with Crippen molar-refractivity contribution in [3.63, 3.8) is 0 Å². The van der Waals surface area contributed by atoms with Crippen LogP contribution in [0.2, 0.25) is 0 Å². The van der Waals surface area contributed by atoms with E-state index in [1.165, 1.54) is 23.1 Å². The zero-order chi connectivity index (χ0) is 17.9. The number of aliphatic imine (C=N–C) groups is 1. The lowest BCUT2D eigenvalue weighted by molar-refractivity contribution is -0.113. The Labute approximate surface area is 158 Å². The molecule has 0 radical (unpaired) electrons. The third-order valence-corrected chi connectivity index (χ3v) is 5.29. The fourth-order valence-corrected chi connectivity index (χ4v) is 3.99. The number of benzene rings is 2. The molecule has 26 heavy (non-hydrogen) atoms. The first-order valence-corrected chi connectivity index (χ1v) is 9.47. The number of carbonyl (C=O) groups excluding carboxylic acids is 1. The Morgan fingerprint density at radius 1 is 1.08 bits per heavy atom. The summed E-state index contributed by atoms with van der Waals surface area (Å²) in [4.78, 5) is 23.8. The van der Waals surface area contributed by atoms with Gasteiger partial charge in [-0.3, -0.25) is 9.69 Å². The van der Waals surface area contributed by atoms with Crippen LogP contribution in [0.5, 0.6) is 5.75 Å². The molecule has 1 aliphatic heterocycles. The van der Waals surface area contributed by atoms with E-state index in [-0.39, 0.29) is 11.7 Å². The number of amidine groups is 1. The van der Waals surface area contributed by atoms with Gasteiger partial charge in [-0.1, -0.05) is 36.4 Å². The lowest BCUT2D eigenvalue weighted by Gasteiger charge is -2.14. The fraction of sp³-hybridized carbons (Fsp3) is 0. The third kappa shape index (κ3) is 3.26. The molecule has 128 valence electrons. The van der Waals surface area contributed by atoms with Crippen molar-refractivity contribution in [1.82, 2.24) is 4.98 Å². The van der Waals surface area contributed by atoms with E-state index in [9.17, 15) is 9.90 Å². The topological polar surface area (TPSA) is 65.8 Å². The molecule has 0 spiro atoms. The summed E-state index contributed by atoms with van der Waals surface area (Å²) in [5.74, 6) is -0.0512. The number of hydrogen-bond acceptors (Lipinski definition) is 6. The molecular weight excluding hydrogens is 366 g/mol. The Balaban J connectivity index is 1.78. The number of aromatic nitrogens is 1. The zero-order valence-corrected chi connectivity index (χ0v) is 15.1. The van der Waals surface area contributed by atoms with E-state index in [2.05, 4.69) is 9.98 Å². The number of nitrogens with zero attached hydrogens (tertiary/aromatic N) is 3. The number of anilines is 1. The van der Waals surface area contributed by atoms with Crippen LogP contribution < -0.4 is 4.90 Å². The van der Waals surface area contributed by atoms with Crippen molar-refractivity contribution in [3.8, 4) is 5.75 Å². The van der Waals surface area contributed by atoms with E-state index in [1.54, 1.807) is 35.4 Å². The van der Waals surface area contributed by atoms with Crippen LogP contribution in [-0.2, 0) is 4.79 Å². The standard InChI is InChI=1S/C19H13N3O2S2/c23-15-9-5-4-6-13(15)12-16-17(24)22(14-7-2-1-3-8-14)19(26-16)21-18-20-10-11-25-18/h1-12,23H/b16-12-,21-19+. The molecule has 1 aromatic heterocycles. The highest BCUT2D eigenvalue weighted by atomic mass is 32.2. The lowest BCUT2D eigenvalue weighted by atomic mass is 10.2. The molecule has 0 atom stereocenters. The van der Waals surface area contributed by atoms with Crippen LogP contribution in [0.1, 0.15) is 5.56 Å². The van der Waals surface area contributed by atoms with Crippen LogP contribution in [0.25, 0.3) is 6.08 Å². The number of thiazole rings is 1. The second-order valence-electron chi connectivity index (χ2n) is 5.35. The molecule has 3 aromatic rings. The number of thioether (sulfide) groups is 1. The number of hydrogen-bond donors (Lipinski definition) is 1. The minimum absolute atomic E-state index is 0.130. The SMILES string of the molecule is O=C1/C(=C/c2ccccc2O)S/C(=N/c2nccs2)N1c1ccccc1. The van der Waals surface area contributed by atoms with Gasteiger partial charge in [0.15, 0.2) is 5.17 Å². The van der Waals surface area contributed by atoms with E-state index in [0.29, 0.717) is 20.8 Å². The monoisotopic (exact) mass is 379 g/mol. The fourth-order valence-electron chi connectivity index (χ4n) is 2.46. The molecular formula is C19H13N3O2S2. The molecule has 1 amide bonds. The molecule has 0 saturated carbocycles. The van der Waals surface area contributed by atoms with Gasteiger partial charge in [0.25, 0.3) is 5.91 Å². The third-order valence-electron chi connectivity index (χ3n) is 3.65. The molecule has 1 N–H and O–H groups in total. The van der Waals surface area contributed by atoms with Crippen molar-refractivity contribution in [3.05, 3.63) is 76.6 Å². The zero-order valence-electron chi connectivity index (χ0n) is 13.4. The van der Waals surface area contributed by atoms with Gasteiger partial charge in [-0.05, 0) is 36.0 Å². The van der Waals surface area contributed by atoms with Gasteiger partial charge in [0.2, 0.25) is 5.13 Å². The Kier molecular flexibility index (Phi) is 4.55. The highest BCUT2D eigenvalue weighted by Crippen LogP contribution is 2.38. The Hall–Kier alpha value is -2.90. The molecule has 1 saturated heterocycles. The quantitative estimate of drug-likeness (QED) is 0.672. The van der Waals surface area contributed by atoms with E-state index in [4.69, 9.17) is 0 Å². The molecule has 1 aliphatic rings. The summed E-state index contributed by atoms with van der Waals surface area (Å²) in [7, 11) is 0. The van der Waals surface area contributed by atoms with E-state index >= 15 is 0 Å². The molecule has 0 aliphatic carbocycles. The molecule has 1 fully saturated rings. The first-order chi connectivity index (χ1) is 12.7. The van der Waals surface area contributed by atoms with Crippen molar-refractivity contribution >= 4 is 51.1 Å². The maximum absolute atomic E-state index is 13.0. The minimum atomic E-state index is -0.181. The maximum Gasteiger partial charge on any atom is 0.271 e. The van der Waals surface area contributed by atoms with Crippen molar-refractivity contribution in [1.29, 1.82) is 0 Å². The Morgan fingerprint density at radius 2 is 1.85 bits per heavy atom. The van der Waals surface area contributed by atoms with E-state index in [1.807, 2.05) is 41.8 Å². The highest BCUT2D eigenvalue weighted by molar-refractivity contribution is 8.19. The van der Waals surface area contributed by atoms with Gasteiger partial charge in [-0.25, -0.2) is 4.98 Å². The van der Waals surface area contributed by atoms with Crippen LogP contribution in [0.15, 0.2) is 76.1 Å². The number of phenolic OH excluding ortho intramolecular Hbond substituents is 1. The van der Waals surface area contributed by atoms with Gasteiger partial charge < -0.3 is 5.11 Å².